The average Bonchev–Trinajstić information content (AvgIpc) is 1.56. The highest BCUT2D eigenvalue weighted by molar-refractivity contribution is 6.27. The Morgan fingerprint density at radius 2 is 0.382 bits per heavy atom. The van der Waals surface area contributed by atoms with Crippen LogP contribution in [0.3, 0.4) is 0 Å². The zero-order valence-corrected chi connectivity index (χ0v) is 77.3. The lowest BCUT2D eigenvalue weighted by molar-refractivity contribution is 0.672. The normalized spacial score (nSPS) is 11.6. The van der Waals surface area contributed by atoms with Gasteiger partial charge in [0.1, 0.15) is 33.5 Å². The standard InChI is InChI=1S/2C45H28N4O.C39H24N4O/c1-4-14-29(15-5-1)43-46-44(30-16-6-2-7-17-30)48-45(47-43)32-19-12-18-31(28-32)34-23-13-24-35-36-26-27-39-40(42(36)50-41(34)35)37-22-10-11-25-38(37)49(39)33-20-8-3-9-21-33;1-4-13-29(14-5-1)43-46-44(30-15-6-2-7-16-30)48-45(47-43)33-18-12-17-31(27-33)32-23-24-37-39(28-32)49(34-19-8-3-9-20-34)38-26-25-36-35-21-10-11-22-40(35)50-42(36)41(37)38;1-4-12-25(13-5-1)37-40-38(26-14-6-2-7-15-26)42-39(41-37)27-20-21-31-33(24-27)43(28-16-8-3-9-17-28)32-23-22-30-29-18-10-11-19-34(29)44-36(30)35(31)32/h2*1-28H;1-24H. The van der Waals surface area contributed by atoms with Gasteiger partial charge in [0, 0.05) is 121 Å². The van der Waals surface area contributed by atoms with Crippen molar-refractivity contribution in [2.24, 2.45) is 0 Å². The molecule has 144 heavy (non-hydrogen) atoms. The summed E-state index contributed by atoms with van der Waals surface area (Å²) in [4.78, 5) is 44.5. The van der Waals surface area contributed by atoms with Gasteiger partial charge < -0.3 is 27.0 Å². The van der Waals surface area contributed by atoms with Crippen molar-refractivity contribution < 1.29 is 13.3 Å². The van der Waals surface area contributed by atoms with Gasteiger partial charge in [-0.1, -0.05) is 370 Å². The summed E-state index contributed by atoms with van der Waals surface area (Å²) < 4.78 is 27.0. The minimum Gasteiger partial charge on any atom is -0.455 e. The smallest absolute Gasteiger partial charge is 0.164 e. The van der Waals surface area contributed by atoms with Gasteiger partial charge in [-0.3, -0.25) is 0 Å². The molecule has 9 aromatic heterocycles. The second-order valence-corrected chi connectivity index (χ2v) is 35.8. The van der Waals surface area contributed by atoms with Gasteiger partial charge in [-0.15, -0.1) is 0 Å². The molecule has 674 valence electrons. The molecule has 0 saturated heterocycles. The van der Waals surface area contributed by atoms with E-state index in [1.807, 2.05) is 212 Å². The molecule has 15 nitrogen and oxygen atoms in total. The summed E-state index contributed by atoms with van der Waals surface area (Å²) in [5.41, 5.74) is 27.9. The SMILES string of the molecule is c1ccc(-c2nc(-c3ccccc3)nc(-c3ccc4c5c6oc7ccccc7c6ccc5n(-c5ccccc5)c4c3)n2)cc1.c1ccc(-c2nc(-c3ccccc3)nc(-c3cccc(-c4ccc5c6c7oc8ccccc8c7ccc6n(-c6ccccc6)c5c4)c3)n2)cc1.c1ccc(-c2nc(-c3ccccc3)nc(-c3cccc(-c4cccc5c4oc4c5ccc5c4c4ccccc4n5-c4ccccc4)c3)n2)cc1. The lowest BCUT2D eigenvalue weighted by atomic mass is 10.00. The maximum atomic E-state index is 6.95. The second-order valence-electron chi connectivity index (χ2n) is 35.8. The van der Waals surface area contributed by atoms with E-state index in [4.69, 9.17) is 58.1 Å². The number of para-hydroxylation sites is 7. The predicted molar refractivity (Wildman–Crippen MR) is 584 cm³/mol. The van der Waals surface area contributed by atoms with Crippen molar-refractivity contribution in [1.29, 1.82) is 0 Å². The maximum absolute atomic E-state index is 6.95. The minimum atomic E-state index is 0.617. The van der Waals surface area contributed by atoms with Gasteiger partial charge in [-0.25, -0.2) is 44.9 Å². The summed E-state index contributed by atoms with van der Waals surface area (Å²) in [5, 5.41) is 13.4. The topological polar surface area (TPSA) is 170 Å². The zero-order chi connectivity index (χ0) is 95.1. The van der Waals surface area contributed by atoms with Crippen LogP contribution in [0.4, 0.5) is 0 Å². The fraction of sp³-hybridized carbons (Fsp3) is 0. The first-order valence-electron chi connectivity index (χ1n) is 48.0. The van der Waals surface area contributed by atoms with Crippen molar-refractivity contribution in [3.63, 3.8) is 0 Å². The first-order chi connectivity index (χ1) is 71.4. The molecule has 0 amide bonds. The lowest BCUT2D eigenvalue weighted by Gasteiger charge is -2.11. The van der Waals surface area contributed by atoms with E-state index in [1.165, 1.54) is 0 Å². The predicted octanol–water partition coefficient (Wildman–Crippen LogP) is 32.9. The molecule has 0 N–H and O–H groups in total. The van der Waals surface area contributed by atoms with Crippen molar-refractivity contribution in [3.8, 4) is 142 Å². The summed E-state index contributed by atoms with van der Waals surface area (Å²) >= 11 is 0. The van der Waals surface area contributed by atoms with Gasteiger partial charge in [-0.2, -0.15) is 0 Å². The molecule has 29 aromatic rings. The van der Waals surface area contributed by atoms with Crippen molar-refractivity contribution in [2.45, 2.75) is 0 Å². The van der Waals surface area contributed by atoms with E-state index in [0.29, 0.717) is 52.4 Å². The molecule has 0 aliphatic carbocycles. The molecule has 9 heterocycles. The van der Waals surface area contributed by atoms with Crippen LogP contribution >= 0.6 is 0 Å². The Balaban J connectivity index is 0.000000108. The van der Waals surface area contributed by atoms with Crippen molar-refractivity contribution in [3.05, 3.63) is 485 Å². The molecule has 0 spiro atoms. The minimum absolute atomic E-state index is 0.617. The number of rotatable bonds is 14. The van der Waals surface area contributed by atoms with Crippen LogP contribution in [0.2, 0.25) is 0 Å². The van der Waals surface area contributed by atoms with E-state index in [2.05, 4.69) is 287 Å². The van der Waals surface area contributed by atoms with Crippen LogP contribution in [0.25, 0.3) is 273 Å². The van der Waals surface area contributed by atoms with Gasteiger partial charge in [0.15, 0.2) is 52.4 Å². The van der Waals surface area contributed by atoms with Crippen LogP contribution in [0, 0.1) is 0 Å². The highest BCUT2D eigenvalue weighted by Gasteiger charge is 2.27. The highest BCUT2D eigenvalue weighted by Crippen LogP contribution is 2.48. The third kappa shape index (κ3) is 14.8. The summed E-state index contributed by atoms with van der Waals surface area (Å²) in [5.74, 6) is 5.72. The van der Waals surface area contributed by atoms with Gasteiger partial charge in [0.2, 0.25) is 0 Å². The molecule has 0 bridgehead atoms. The number of furan rings is 3. The number of benzene rings is 20. The van der Waals surface area contributed by atoms with Crippen LogP contribution in [0.1, 0.15) is 0 Å². The van der Waals surface area contributed by atoms with Crippen LogP contribution in [-0.4, -0.2) is 58.6 Å². The first-order valence-corrected chi connectivity index (χ1v) is 48.0. The number of hydrogen-bond donors (Lipinski definition) is 0. The van der Waals surface area contributed by atoms with E-state index in [1.54, 1.807) is 0 Å². The Morgan fingerprint density at radius 3 is 0.778 bits per heavy atom. The van der Waals surface area contributed by atoms with Crippen LogP contribution in [0.5, 0.6) is 0 Å². The number of fused-ring (bicyclic) bond motifs is 21. The van der Waals surface area contributed by atoms with Gasteiger partial charge in [0.25, 0.3) is 0 Å². The Kier molecular flexibility index (Phi) is 20.5. The summed E-state index contributed by atoms with van der Waals surface area (Å²) in [7, 11) is 0. The van der Waals surface area contributed by atoms with E-state index in [-0.39, 0.29) is 0 Å². The number of nitrogens with zero attached hydrogens (tertiary/aromatic N) is 12. The summed E-state index contributed by atoms with van der Waals surface area (Å²) in [6.45, 7) is 0. The molecule has 15 heteroatoms. The molecular weight excluding hydrogens is 1770 g/mol. The summed E-state index contributed by atoms with van der Waals surface area (Å²) in [6, 6.07) is 167. The third-order valence-corrected chi connectivity index (χ3v) is 27.1. The van der Waals surface area contributed by atoms with Gasteiger partial charge in [0.05, 0.1) is 49.3 Å². The van der Waals surface area contributed by atoms with E-state index >= 15 is 0 Å². The summed E-state index contributed by atoms with van der Waals surface area (Å²) in [6.07, 6.45) is 0. The zero-order valence-electron chi connectivity index (χ0n) is 77.3. The van der Waals surface area contributed by atoms with E-state index in [0.717, 1.165) is 221 Å². The molecular formula is C129H80N12O3. The molecule has 0 atom stereocenters. The third-order valence-electron chi connectivity index (χ3n) is 27.1. The second kappa shape index (κ2) is 35.3. The Labute approximate surface area is 824 Å². The van der Waals surface area contributed by atoms with Crippen molar-refractivity contribution in [2.75, 3.05) is 0 Å². The van der Waals surface area contributed by atoms with E-state index < -0.39 is 0 Å². The van der Waals surface area contributed by atoms with Crippen LogP contribution in [0.15, 0.2) is 499 Å². The molecule has 0 unspecified atom stereocenters. The molecule has 0 saturated carbocycles. The molecule has 0 aliphatic heterocycles. The quantitative estimate of drug-likeness (QED) is 0.101. The maximum Gasteiger partial charge on any atom is 0.164 e. The van der Waals surface area contributed by atoms with Gasteiger partial charge >= 0.3 is 0 Å². The fourth-order valence-corrected chi connectivity index (χ4v) is 20.5. The molecule has 20 aromatic carbocycles. The Hall–Kier alpha value is -19.8. The first kappa shape index (κ1) is 83.6. The number of aromatic nitrogens is 12. The monoisotopic (exact) mass is 1840 g/mol. The Bertz CT molecular complexity index is 9840. The largest absolute Gasteiger partial charge is 0.455 e. The molecule has 29 rings (SSSR count). The molecule has 0 aliphatic rings. The van der Waals surface area contributed by atoms with Crippen molar-refractivity contribution >= 4 is 131 Å². The highest BCUT2D eigenvalue weighted by atomic mass is 16.3. The fourth-order valence-electron chi connectivity index (χ4n) is 20.5. The molecule has 0 fully saturated rings. The average molecular weight is 1850 g/mol. The van der Waals surface area contributed by atoms with Gasteiger partial charge in [-0.05, 0) is 132 Å². The van der Waals surface area contributed by atoms with Crippen molar-refractivity contribution in [1.82, 2.24) is 58.6 Å². The lowest BCUT2D eigenvalue weighted by Crippen LogP contribution is -2.00. The van der Waals surface area contributed by atoms with Crippen LogP contribution < -0.4 is 0 Å². The molecule has 0 radical (unpaired) electrons. The number of hydrogen-bond acceptors (Lipinski definition) is 12. The van der Waals surface area contributed by atoms with E-state index in [9.17, 15) is 0 Å². The van der Waals surface area contributed by atoms with Crippen LogP contribution in [-0.2, 0) is 0 Å². The Morgan fingerprint density at radius 1 is 0.139 bits per heavy atom.